The van der Waals surface area contributed by atoms with Crippen LogP contribution in [0.3, 0.4) is 0 Å². The number of hydrogen-bond donors (Lipinski definition) is 3. The van der Waals surface area contributed by atoms with E-state index in [4.69, 9.17) is 5.73 Å². The second-order valence-corrected chi connectivity index (χ2v) is 7.78. The fourth-order valence-electron chi connectivity index (χ4n) is 2.34. The van der Waals surface area contributed by atoms with E-state index in [-0.39, 0.29) is 18.3 Å². The largest absolute Gasteiger partial charge is 0.337 e. The van der Waals surface area contributed by atoms with E-state index in [2.05, 4.69) is 10.6 Å². The Morgan fingerprint density at radius 2 is 2.05 bits per heavy atom. The lowest BCUT2D eigenvalue weighted by atomic mass is 10.1. The van der Waals surface area contributed by atoms with Gasteiger partial charge in [-0.25, -0.2) is 13.2 Å². The molecule has 1 fully saturated rings. The van der Waals surface area contributed by atoms with Crippen molar-refractivity contribution in [2.24, 2.45) is 5.73 Å². The van der Waals surface area contributed by atoms with Gasteiger partial charge in [0, 0.05) is 18.3 Å². The fraction of sp³-hybridized carbons (Fsp3) is 0.500. The highest BCUT2D eigenvalue weighted by molar-refractivity contribution is 7.92. The molecule has 0 saturated carbocycles. The smallest absolute Gasteiger partial charge is 0.319 e. The lowest BCUT2D eigenvalue weighted by Gasteiger charge is -2.12. The highest BCUT2D eigenvalue weighted by Gasteiger charge is 2.31. The third kappa shape index (κ3) is 4.18. The molecule has 2 amide bonds. The standard InChI is InChI=1S/C14H21N3O3S/c1-10(15)11-4-6-12(7-5-11)17-14(18)16-9-13-3-2-8-21(13,19)20/h4-7,10,13H,2-3,8-9,15H2,1H3,(H2,16,17,18). The Hall–Kier alpha value is -1.60. The molecule has 1 aromatic rings. The monoisotopic (exact) mass is 311 g/mol. The number of hydrogen-bond acceptors (Lipinski definition) is 4. The van der Waals surface area contributed by atoms with Gasteiger partial charge < -0.3 is 16.4 Å². The average Bonchev–Trinajstić information content (AvgIpc) is 2.76. The van der Waals surface area contributed by atoms with Gasteiger partial charge in [-0.05, 0) is 37.5 Å². The van der Waals surface area contributed by atoms with Crippen LogP contribution in [0.4, 0.5) is 10.5 Å². The number of nitrogens with two attached hydrogens (primary N) is 1. The minimum absolute atomic E-state index is 0.0551. The number of amides is 2. The van der Waals surface area contributed by atoms with E-state index < -0.39 is 21.1 Å². The summed E-state index contributed by atoms with van der Waals surface area (Å²) in [5, 5.41) is 4.83. The van der Waals surface area contributed by atoms with Crippen molar-refractivity contribution in [2.45, 2.75) is 31.1 Å². The zero-order chi connectivity index (χ0) is 15.5. The van der Waals surface area contributed by atoms with Gasteiger partial charge in [-0.2, -0.15) is 0 Å². The van der Waals surface area contributed by atoms with Gasteiger partial charge in [-0.1, -0.05) is 12.1 Å². The van der Waals surface area contributed by atoms with Gasteiger partial charge in [0.15, 0.2) is 9.84 Å². The van der Waals surface area contributed by atoms with Crippen molar-refractivity contribution in [2.75, 3.05) is 17.6 Å². The molecule has 21 heavy (non-hydrogen) atoms. The number of nitrogens with one attached hydrogen (secondary N) is 2. The molecule has 2 rings (SSSR count). The van der Waals surface area contributed by atoms with Crippen LogP contribution in [0.25, 0.3) is 0 Å². The van der Waals surface area contributed by atoms with E-state index in [9.17, 15) is 13.2 Å². The molecule has 1 aromatic carbocycles. The zero-order valence-corrected chi connectivity index (χ0v) is 12.8. The van der Waals surface area contributed by atoms with E-state index in [1.54, 1.807) is 12.1 Å². The number of benzene rings is 1. The molecule has 0 radical (unpaired) electrons. The number of rotatable bonds is 4. The first-order chi connectivity index (χ1) is 9.88. The molecule has 116 valence electrons. The Bertz CT molecular complexity index is 596. The first-order valence-electron chi connectivity index (χ1n) is 7.00. The molecule has 0 spiro atoms. The molecule has 1 heterocycles. The number of anilines is 1. The summed E-state index contributed by atoms with van der Waals surface area (Å²) in [4.78, 5) is 11.8. The fourth-order valence-corrected chi connectivity index (χ4v) is 4.10. The van der Waals surface area contributed by atoms with Crippen LogP contribution in [-0.2, 0) is 9.84 Å². The van der Waals surface area contributed by atoms with Crippen molar-refractivity contribution in [1.82, 2.24) is 5.32 Å². The summed E-state index contributed by atoms with van der Waals surface area (Å²) in [6.07, 6.45) is 1.29. The minimum atomic E-state index is -3.03. The van der Waals surface area contributed by atoms with Crippen LogP contribution in [0.1, 0.15) is 31.4 Å². The van der Waals surface area contributed by atoms with Gasteiger partial charge in [-0.15, -0.1) is 0 Å². The summed E-state index contributed by atoms with van der Waals surface area (Å²) < 4.78 is 23.3. The molecule has 0 aliphatic carbocycles. The summed E-state index contributed by atoms with van der Waals surface area (Å²) in [6.45, 7) is 2.04. The van der Waals surface area contributed by atoms with Crippen LogP contribution in [0.2, 0.25) is 0 Å². The molecule has 2 atom stereocenters. The predicted octanol–water partition coefficient (Wildman–Crippen LogP) is 1.41. The van der Waals surface area contributed by atoms with Crippen molar-refractivity contribution in [3.63, 3.8) is 0 Å². The summed E-state index contributed by atoms with van der Waals surface area (Å²) in [5.74, 6) is 0.222. The Labute approximate surface area is 125 Å². The molecule has 4 N–H and O–H groups in total. The Morgan fingerprint density at radius 3 is 2.57 bits per heavy atom. The minimum Gasteiger partial charge on any atom is -0.337 e. The normalized spacial score (nSPS) is 21.7. The molecular formula is C14H21N3O3S. The van der Waals surface area contributed by atoms with E-state index in [0.29, 0.717) is 18.5 Å². The van der Waals surface area contributed by atoms with Crippen molar-refractivity contribution in [3.05, 3.63) is 29.8 Å². The first kappa shape index (κ1) is 15.8. The van der Waals surface area contributed by atoms with Crippen molar-refractivity contribution < 1.29 is 13.2 Å². The van der Waals surface area contributed by atoms with E-state index in [0.717, 1.165) is 5.56 Å². The molecule has 0 bridgehead atoms. The average molecular weight is 311 g/mol. The lowest BCUT2D eigenvalue weighted by molar-refractivity contribution is 0.252. The zero-order valence-electron chi connectivity index (χ0n) is 12.0. The maximum absolute atomic E-state index is 11.8. The van der Waals surface area contributed by atoms with Crippen molar-refractivity contribution in [3.8, 4) is 0 Å². The molecular weight excluding hydrogens is 290 g/mol. The molecule has 1 saturated heterocycles. The third-order valence-corrected chi connectivity index (χ3v) is 5.92. The lowest BCUT2D eigenvalue weighted by Crippen LogP contribution is -2.37. The highest BCUT2D eigenvalue weighted by atomic mass is 32.2. The molecule has 2 unspecified atom stereocenters. The van der Waals surface area contributed by atoms with E-state index in [1.807, 2.05) is 19.1 Å². The summed E-state index contributed by atoms with van der Waals surface area (Å²) in [7, 11) is -3.03. The highest BCUT2D eigenvalue weighted by Crippen LogP contribution is 2.19. The van der Waals surface area contributed by atoms with Crippen LogP contribution < -0.4 is 16.4 Å². The first-order valence-corrected chi connectivity index (χ1v) is 8.72. The van der Waals surface area contributed by atoms with Gasteiger partial charge in [0.25, 0.3) is 0 Å². The maximum Gasteiger partial charge on any atom is 0.319 e. The topological polar surface area (TPSA) is 101 Å². The Balaban J connectivity index is 1.84. The van der Waals surface area contributed by atoms with Crippen LogP contribution in [0, 0.1) is 0 Å². The maximum atomic E-state index is 11.8. The number of sulfone groups is 1. The second kappa shape index (κ2) is 6.44. The van der Waals surface area contributed by atoms with Crippen LogP contribution in [0.5, 0.6) is 0 Å². The summed E-state index contributed by atoms with van der Waals surface area (Å²) in [5.41, 5.74) is 7.38. The van der Waals surface area contributed by atoms with E-state index in [1.165, 1.54) is 0 Å². The molecule has 1 aliphatic heterocycles. The number of carbonyl (C=O) groups excluding carboxylic acids is 1. The van der Waals surface area contributed by atoms with Crippen LogP contribution in [-0.4, -0.2) is 32.0 Å². The van der Waals surface area contributed by atoms with Gasteiger partial charge in [0.05, 0.1) is 11.0 Å². The van der Waals surface area contributed by atoms with Gasteiger partial charge in [0.1, 0.15) is 0 Å². The predicted molar refractivity (Wildman–Crippen MR) is 82.9 cm³/mol. The van der Waals surface area contributed by atoms with E-state index >= 15 is 0 Å². The quantitative estimate of drug-likeness (QED) is 0.782. The SMILES string of the molecule is CC(N)c1ccc(NC(=O)NCC2CCCS2(=O)=O)cc1. The molecule has 0 aromatic heterocycles. The summed E-state index contributed by atoms with van der Waals surface area (Å²) in [6, 6.07) is 6.78. The number of carbonyl (C=O) groups is 1. The molecule has 1 aliphatic rings. The van der Waals surface area contributed by atoms with Crippen molar-refractivity contribution >= 4 is 21.6 Å². The summed E-state index contributed by atoms with van der Waals surface area (Å²) >= 11 is 0. The Kier molecular flexibility index (Phi) is 4.84. The second-order valence-electron chi connectivity index (χ2n) is 5.38. The molecule has 6 nitrogen and oxygen atoms in total. The van der Waals surface area contributed by atoms with Gasteiger partial charge in [-0.3, -0.25) is 0 Å². The van der Waals surface area contributed by atoms with Gasteiger partial charge >= 0.3 is 6.03 Å². The number of urea groups is 1. The molecule has 7 heteroatoms. The third-order valence-electron chi connectivity index (χ3n) is 3.65. The van der Waals surface area contributed by atoms with Gasteiger partial charge in [0.2, 0.25) is 0 Å². The van der Waals surface area contributed by atoms with Crippen LogP contribution >= 0.6 is 0 Å². The van der Waals surface area contributed by atoms with Crippen molar-refractivity contribution in [1.29, 1.82) is 0 Å². The Morgan fingerprint density at radius 1 is 1.38 bits per heavy atom. The van der Waals surface area contributed by atoms with Crippen LogP contribution in [0.15, 0.2) is 24.3 Å².